The predicted molar refractivity (Wildman–Crippen MR) is 181 cm³/mol. The van der Waals surface area contributed by atoms with Crippen LogP contribution in [0.2, 0.25) is 5.02 Å². The van der Waals surface area contributed by atoms with E-state index in [1.54, 1.807) is 38.1 Å². The lowest BCUT2D eigenvalue weighted by atomic mass is 10.1. The number of ether oxygens (including phenoxy) is 2. The molecular formula is C36H49ClN2O5. The smallest absolute Gasteiger partial charge is 0.330 e. The number of hydrogen-bond acceptors (Lipinski definition) is 5. The summed E-state index contributed by atoms with van der Waals surface area (Å²) in [5.41, 5.74) is -1.23. The number of carbonyl (C=O) groups excluding carboxylic acids is 3. The molecule has 0 aromatic heterocycles. The van der Waals surface area contributed by atoms with Crippen LogP contribution in [-0.4, -0.2) is 43.1 Å². The number of rotatable bonds is 21. The highest BCUT2D eigenvalue weighted by molar-refractivity contribution is 6.30. The van der Waals surface area contributed by atoms with Crippen LogP contribution in [0, 0.1) is 0 Å². The quantitative estimate of drug-likeness (QED) is 0.108. The molecule has 44 heavy (non-hydrogen) atoms. The molecule has 1 rings (SSSR count). The molecule has 7 nitrogen and oxygen atoms in total. The summed E-state index contributed by atoms with van der Waals surface area (Å²) in [6.45, 7) is 5.22. The van der Waals surface area contributed by atoms with Crippen molar-refractivity contribution in [2.45, 2.75) is 83.8 Å². The molecule has 1 aromatic rings. The number of hydrogen-bond donors (Lipinski definition) is 2. The van der Waals surface area contributed by atoms with Crippen molar-refractivity contribution in [2.24, 2.45) is 0 Å². The van der Waals surface area contributed by atoms with Gasteiger partial charge >= 0.3 is 5.97 Å². The summed E-state index contributed by atoms with van der Waals surface area (Å²) < 4.78 is 10.6. The average molecular weight is 625 g/mol. The van der Waals surface area contributed by atoms with Crippen molar-refractivity contribution >= 4 is 29.4 Å². The fraction of sp³-hybridized carbons (Fsp3) is 0.417. The van der Waals surface area contributed by atoms with Crippen LogP contribution in [-0.2, 0) is 19.1 Å². The summed E-state index contributed by atoms with van der Waals surface area (Å²) in [6.07, 6.45) is 31.9. The molecule has 0 spiro atoms. The van der Waals surface area contributed by atoms with Crippen LogP contribution in [0.3, 0.4) is 0 Å². The molecule has 0 aliphatic rings. The molecule has 1 atom stereocenters. The molecule has 240 valence electrons. The van der Waals surface area contributed by atoms with Crippen LogP contribution in [0.5, 0.6) is 5.75 Å². The van der Waals surface area contributed by atoms with Gasteiger partial charge < -0.3 is 20.1 Å². The fourth-order valence-corrected chi connectivity index (χ4v) is 3.83. The lowest BCUT2D eigenvalue weighted by Gasteiger charge is -2.26. The van der Waals surface area contributed by atoms with Crippen molar-refractivity contribution in [3.63, 3.8) is 0 Å². The van der Waals surface area contributed by atoms with Gasteiger partial charge in [0.25, 0.3) is 5.91 Å². The Labute approximate surface area is 268 Å². The van der Waals surface area contributed by atoms with E-state index in [-0.39, 0.29) is 18.9 Å². The fourth-order valence-electron chi connectivity index (χ4n) is 3.71. The van der Waals surface area contributed by atoms with Gasteiger partial charge in [0.05, 0.1) is 7.11 Å². The highest BCUT2D eigenvalue weighted by Crippen LogP contribution is 2.21. The van der Waals surface area contributed by atoms with Crippen LogP contribution >= 0.6 is 11.6 Å². The van der Waals surface area contributed by atoms with E-state index in [4.69, 9.17) is 21.1 Å². The lowest BCUT2D eigenvalue weighted by molar-refractivity contribution is -0.145. The van der Waals surface area contributed by atoms with Gasteiger partial charge in [-0.15, -0.1) is 0 Å². The topological polar surface area (TPSA) is 93.7 Å². The zero-order valence-electron chi connectivity index (χ0n) is 26.6. The molecule has 0 aliphatic heterocycles. The number of allylic oxidation sites excluding steroid dienone is 12. The van der Waals surface area contributed by atoms with Gasteiger partial charge in [-0.1, -0.05) is 91.4 Å². The molecule has 0 radical (unpaired) electrons. The molecule has 0 saturated heterocycles. The number of esters is 1. The van der Waals surface area contributed by atoms with Gasteiger partial charge in [0.15, 0.2) is 5.60 Å². The van der Waals surface area contributed by atoms with Crippen molar-refractivity contribution in [3.8, 4) is 5.75 Å². The second kappa shape index (κ2) is 23.6. The molecule has 0 aliphatic carbocycles. The van der Waals surface area contributed by atoms with E-state index in [2.05, 4.69) is 78.3 Å². The summed E-state index contributed by atoms with van der Waals surface area (Å²) >= 11 is 5.90. The number of carbonyl (C=O) groups is 3. The summed E-state index contributed by atoms with van der Waals surface area (Å²) in [7, 11) is 1.23. The van der Waals surface area contributed by atoms with E-state index in [9.17, 15) is 14.4 Å². The number of amides is 2. The number of nitrogens with one attached hydrogen (secondary N) is 2. The Hall–Kier alpha value is -3.84. The Morgan fingerprint density at radius 3 is 1.75 bits per heavy atom. The van der Waals surface area contributed by atoms with Gasteiger partial charge in [-0.3, -0.25) is 9.59 Å². The number of halogens is 1. The standard InChI is InChI=1S/C36H49ClN2O5/c1-5-6-7-8-9-10-11-12-13-14-15-16-17-18-19-20-21-22-23-24-33(40)39-32(34(41)43-4)29-38-35(42)36(2,3)44-31-27-25-30(37)26-28-31/h6-7,9-10,12-13,15-16,18-19,21-22,25-28,32H,5,8,11,14,17,20,23-24,29H2,1-4H3,(H,38,42)(H,39,40)/b7-6-,10-9-,13-12-,16-15-,19-18-,22-21-. The monoisotopic (exact) mass is 624 g/mol. The third-order valence-electron chi connectivity index (χ3n) is 6.16. The van der Waals surface area contributed by atoms with Gasteiger partial charge in [-0.25, -0.2) is 4.79 Å². The second-order valence-electron chi connectivity index (χ2n) is 10.4. The maximum Gasteiger partial charge on any atom is 0.330 e. The van der Waals surface area contributed by atoms with E-state index >= 15 is 0 Å². The Balaban J connectivity index is 2.30. The molecule has 8 heteroatoms. The Bertz CT molecular complexity index is 1160. The molecule has 2 amide bonds. The number of methoxy groups -OCH3 is 1. The van der Waals surface area contributed by atoms with Gasteiger partial charge in [-0.05, 0) is 83.1 Å². The molecule has 0 saturated carbocycles. The first-order valence-corrected chi connectivity index (χ1v) is 15.6. The molecule has 1 unspecified atom stereocenters. The molecule has 0 bridgehead atoms. The number of benzene rings is 1. The van der Waals surface area contributed by atoms with Crippen molar-refractivity contribution in [3.05, 3.63) is 102 Å². The summed E-state index contributed by atoms with van der Waals surface area (Å²) in [5.74, 6) is -0.940. The highest BCUT2D eigenvalue weighted by atomic mass is 35.5. The maximum atomic E-state index is 12.7. The first-order chi connectivity index (χ1) is 21.2. The van der Waals surface area contributed by atoms with Crippen molar-refractivity contribution < 1.29 is 23.9 Å². The molecule has 0 fully saturated rings. The Morgan fingerprint density at radius 1 is 0.795 bits per heavy atom. The van der Waals surface area contributed by atoms with E-state index in [0.29, 0.717) is 17.2 Å². The summed E-state index contributed by atoms with van der Waals surface area (Å²) in [5, 5.41) is 5.86. The molecule has 0 heterocycles. The van der Waals surface area contributed by atoms with Crippen LogP contribution in [0.25, 0.3) is 0 Å². The third kappa shape index (κ3) is 18.6. The SMILES string of the molecule is CC/C=C\C/C=C\C/C=C\C/C=C\C/C=C\C/C=C\CCC(=O)NC(CNC(=O)C(C)(C)Oc1ccc(Cl)cc1)C(=O)OC. The third-order valence-corrected chi connectivity index (χ3v) is 6.41. The summed E-state index contributed by atoms with van der Waals surface area (Å²) in [6, 6.07) is 5.62. The minimum atomic E-state index is -1.23. The lowest BCUT2D eigenvalue weighted by Crippen LogP contribution is -2.53. The average Bonchev–Trinajstić information content (AvgIpc) is 3.00. The maximum absolute atomic E-state index is 12.7. The molecular weight excluding hydrogens is 576 g/mol. The zero-order valence-corrected chi connectivity index (χ0v) is 27.4. The van der Waals surface area contributed by atoms with E-state index in [1.165, 1.54) is 7.11 Å². The largest absolute Gasteiger partial charge is 0.478 e. The van der Waals surface area contributed by atoms with Gasteiger partial charge in [-0.2, -0.15) is 0 Å². The normalized spacial score (nSPS) is 13.1. The first kappa shape index (κ1) is 38.2. The van der Waals surface area contributed by atoms with E-state index < -0.39 is 23.5 Å². The molecule has 1 aromatic carbocycles. The molecule has 2 N–H and O–H groups in total. The van der Waals surface area contributed by atoms with Crippen LogP contribution in [0.4, 0.5) is 0 Å². The first-order valence-electron chi connectivity index (χ1n) is 15.2. The summed E-state index contributed by atoms with van der Waals surface area (Å²) in [4.78, 5) is 37.4. The van der Waals surface area contributed by atoms with Gasteiger partial charge in [0, 0.05) is 18.0 Å². The Morgan fingerprint density at radius 2 is 1.27 bits per heavy atom. The van der Waals surface area contributed by atoms with Crippen molar-refractivity contribution in [2.75, 3.05) is 13.7 Å². The van der Waals surface area contributed by atoms with Crippen LogP contribution < -0.4 is 15.4 Å². The zero-order chi connectivity index (χ0) is 32.5. The minimum absolute atomic E-state index is 0.134. The van der Waals surface area contributed by atoms with Crippen molar-refractivity contribution in [1.29, 1.82) is 0 Å². The predicted octanol–water partition coefficient (Wildman–Crippen LogP) is 7.75. The van der Waals surface area contributed by atoms with Crippen molar-refractivity contribution in [1.82, 2.24) is 10.6 Å². The van der Waals surface area contributed by atoms with E-state index in [1.807, 2.05) is 12.2 Å². The van der Waals surface area contributed by atoms with E-state index in [0.717, 1.165) is 38.5 Å². The minimum Gasteiger partial charge on any atom is -0.478 e. The van der Waals surface area contributed by atoms with Crippen LogP contribution in [0.15, 0.2) is 97.2 Å². The highest BCUT2D eigenvalue weighted by Gasteiger charge is 2.31. The van der Waals surface area contributed by atoms with Gasteiger partial charge in [0.1, 0.15) is 11.8 Å². The van der Waals surface area contributed by atoms with Gasteiger partial charge in [0.2, 0.25) is 5.91 Å². The van der Waals surface area contributed by atoms with Crippen LogP contribution in [0.1, 0.15) is 72.1 Å². The Kier molecular flexibility index (Phi) is 20.5. The second-order valence-corrected chi connectivity index (χ2v) is 10.8.